The maximum Gasteiger partial charge on any atom is 0.308 e. The zero-order chi connectivity index (χ0) is 18.1. The van der Waals surface area contributed by atoms with Gasteiger partial charge in [0.25, 0.3) is 9.24 Å². The SMILES string of the molecule is CN(C)S(=O)(=O)Cl.CN(C)S(=O)(=O)n1ccnc1.c1c[nH]cn1. The van der Waals surface area contributed by atoms with E-state index in [0.29, 0.717) is 0 Å². The van der Waals surface area contributed by atoms with Crippen molar-refractivity contribution < 1.29 is 16.8 Å². The molecule has 0 saturated carbocycles. The molecule has 13 heteroatoms. The van der Waals surface area contributed by atoms with Gasteiger partial charge in [-0.2, -0.15) is 25.4 Å². The Morgan fingerprint density at radius 2 is 1.57 bits per heavy atom. The first-order valence-electron chi connectivity index (χ1n) is 5.95. The van der Waals surface area contributed by atoms with Crippen LogP contribution < -0.4 is 0 Å². The monoisotopic (exact) mass is 386 g/mol. The highest BCUT2D eigenvalue weighted by molar-refractivity contribution is 8.11. The molecular formula is C10H19ClN6O4S2. The molecule has 0 aliphatic carbocycles. The van der Waals surface area contributed by atoms with Crippen LogP contribution in [0.25, 0.3) is 0 Å². The zero-order valence-electron chi connectivity index (χ0n) is 13.0. The lowest BCUT2D eigenvalue weighted by atomic mass is 11.0. The number of aromatic nitrogens is 4. The topological polar surface area (TPSA) is 121 Å². The normalized spacial score (nSPS) is 11.4. The molecule has 10 nitrogen and oxygen atoms in total. The van der Waals surface area contributed by atoms with E-state index >= 15 is 0 Å². The molecule has 2 rings (SSSR count). The second-order valence-corrected chi connectivity index (χ2v) is 8.94. The van der Waals surface area contributed by atoms with Gasteiger partial charge in [0.2, 0.25) is 0 Å². The van der Waals surface area contributed by atoms with Gasteiger partial charge in [0.05, 0.1) is 6.33 Å². The predicted molar refractivity (Wildman–Crippen MR) is 87.3 cm³/mol. The number of hydrogen-bond acceptors (Lipinski definition) is 6. The number of H-pyrrole nitrogens is 1. The molecular weight excluding hydrogens is 368 g/mol. The minimum atomic E-state index is -3.44. The number of hydrogen-bond donors (Lipinski definition) is 1. The van der Waals surface area contributed by atoms with Crippen molar-refractivity contribution in [3.05, 3.63) is 37.4 Å². The van der Waals surface area contributed by atoms with E-state index in [2.05, 4.69) is 15.0 Å². The number of rotatable bonds is 3. The van der Waals surface area contributed by atoms with Crippen molar-refractivity contribution in [2.24, 2.45) is 0 Å². The van der Waals surface area contributed by atoms with E-state index in [-0.39, 0.29) is 0 Å². The van der Waals surface area contributed by atoms with E-state index in [0.717, 1.165) is 12.6 Å². The Hall–Kier alpha value is -1.47. The van der Waals surface area contributed by atoms with Gasteiger partial charge in [-0.05, 0) is 0 Å². The van der Waals surface area contributed by atoms with Crippen molar-refractivity contribution in [1.29, 1.82) is 0 Å². The molecule has 0 radical (unpaired) electrons. The second kappa shape index (κ2) is 9.62. The van der Waals surface area contributed by atoms with Crippen LogP contribution in [0.4, 0.5) is 0 Å². The molecule has 132 valence electrons. The predicted octanol–water partition coefficient (Wildman–Crippen LogP) is -0.0211. The van der Waals surface area contributed by atoms with Crippen LogP contribution in [0, 0.1) is 0 Å². The summed E-state index contributed by atoms with van der Waals surface area (Å²) in [6, 6.07) is 0. The van der Waals surface area contributed by atoms with Crippen LogP contribution in [0.15, 0.2) is 37.4 Å². The van der Waals surface area contributed by atoms with Gasteiger partial charge in [-0.15, -0.1) is 0 Å². The number of imidazole rings is 2. The third-order valence-corrected chi connectivity index (χ3v) is 5.42. The maximum atomic E-state index is 11.2. The summed E-state index contributed by atoms with van der Waals surface area (Å²) in [5.41, 5.74) is 0. The highest BCUT2D eigenvalue weighted by Crippen LogP contribution is 1.98. The zero-order valence-corrected chi connectivity index (χ0v) is 15.4. The highest BCUT2D eigenvalue weighted by Gasteiger charge is 2.13. The number of halogens is 1. The van der Waals surface area contributed by atoms with Gasteiger partial charge < -0.3 is 4.98 Å². The molecule has 0 aromatic carbocycles. The van der Waals surface area contributed by atoms with Gasteiger partial charge in [-0.25, -0.2) is 13.9 Å². The van der Waals surface area contributed by atoms with Crippen molar-refractivity contribution in [2.75, 3.05) is 28.2 Å². The van der Waals surface area contributed by atoms with Crippen LogP contribution in [-0.4, -0.2) is 72.6 Å². The minimum Gasteiger partial charge on any atom is -0.351 e. The van der Waals surface area contributed by atoms with Crippen LogP contribution in [0.2, 0.25) is 0 Å². The van der Waals surface area contributed by atoms with Crippen LogP contribution in [-0.2, 0) is 19.4 Å². The Morgan fingerprint density at radius 1 is 1.00 bits per heavy atom. The lowest BCUT2D eigenvalue weighted by Gasteiger charge is -2.10. The molecule has 0 spiro atoms. The minimum absolute atomic E-state index is 0.925. The summed E-state index contributed by atoms with van der Waals surface area (Å²) in [6.07, 6.45) is 9.13. The highest BCUT2D eigenvalue weighted by atomic mass is 35.7. The third kappa shape index (κ3) is 8.66. The Labute approximate surface area is 140 Å². The van der Waals surface area contributed by atoms with E-state index in [1.807, 2.05) is 0 Å². The van der Waals surface area contributed by atoms with Gasteiger partial charge in [-0.3, -0.25) is 0 Å². The molecule has 2 aromatic heterocycles. The van der Waals surface area contributed by atoms with Crippen LogP contribution >= 0.6 is 10.7 Å². The molecule has 1 N–H and O–H groups in total. The Bertz CT molecular complexity index is 709. The van der Waals surface area contributed by atoms with Crippen molar-refractivity contribution in [3.63, 3.8) is 0 Å². The van der Waals surface area contributed by atoms with Gasteiger partial charge in [0.1, 0.15) is 6.33 Å². The second-order valence-electron chi connectivity index (χ2n) is 4.17. The standard InChI is InChI=1S/C5H9N3O2S.C3H4N2.C2H6ClNO2S/c1-7(2)11(9,10)8-4-3-6-5-8;1-2-5-3-4-1;1-4(2)7(3,5)6/h3-5H,1-2H3;1-3H,(H,4,5);1-2H3. The van der Waals surface area contributed by atoms with Gasteiger partial charge in [-0.1, -0.05) is 0 Å². The number of nitrogens with zero attached hydrogens (tertiary/aromatic N) is 5. The summed E-state index contributed by atoms with van der Waals surface area (Å²) in [5, 5.41) is 0. The van der Waals surface area contributed by atoms with E-state index in [9.17, 15) is 16.8 Å². The Kier molecular flexibility index (Phi) is 9.01. The Balaban J connectivity index is 0.000000345. The maximum absolute atomic E-state index is 11.2. The van der Waals surface area contributed by atoms with E-state index in [1.165, 1.54) is 46.9 Å². The molecule has 0 bridgehead atoms. The average molecular weight is 387 g/mol. The largest absolute Gasteiger partial charge is 0.351 e. The first-order chi connectivity index (χ1) is 10.5. The summed E-state index contributed by atoms with van der Waals surface area (Å²) in [5.74, 6) is 0. The molecule has 0 atom stereocenters. The fourth-order valence-corrected chi connectivity index (χ4v) is 1.55. The summed E-state index contributed by atoms with van der Waals surface area (Å²) >= 11 is 0. The third-order valence-electron chi connectivity index (χ3n) is 2.05. The molecule has 0 aliphatic heterocycles. The van der Waals surface area contributed by atoms with Crippen LogP contribution in [0.5, 0.6) is 0 Å². The first-order valence-corrected chi connectivity index (χ1v) is 9.61. The first kappa shape index (κ1) is 21.5. The molecule has 2 aromatic rings. The average Bonchev–Trinajstić information content (AvgIpc) is 3.15. The van der Waals surface area contributed by atoms with Crippen molar-refractivity contribution in [3.8, 4) is 0 Å². The van der Waals surface area contributed by atoms with E-state index in [1.54, 1.807) is 18.7 Å². The molecule has 0 saturated heterocycles. The number of nitrogens with one attached hydrogen (secondary N) is 1. The smallest absolute Gasteiger partial charge is 0.308 e. The molecule has 0 unspecified atom stereocenters. The van der Waals surface area contributed by atoms with Crippen molar-refractivity contribution in [1.82, 2.24) is 27.5 Å². The van der Waals surface area contributed by atoms with Crippen LogP contribution in [0.1, 0.15) is 0 Å². The molecule has 0 aliphatic rings. The summed E-state index contributed by atoms with van der Waals surface area (Å²) < 4.78 is 45.6. The molecule has 23 heavy (non-hydrogen) atoms. The van der Waals surface area contributed by atoms with E-state index < -0.39 is 19.4 Å². The van der Waals surface area contributed by atoms with Crippen molar-refractivity contribution in [2.45, 2.75) is 0 Å². The number of aromatic amines is 1. The lowest BCUT2D eigenvalue weighted by molar-refractivity contribution is 0.510. The van der Waals surface area contributed by atoms with E-state index in [4.69, 9.17) is 10.7 Å². The molecule has 0 amide bonds. The summed E-state index contributed by atoms with van der Waals surface area (Å²) in [4.78, 5) is 10.0. The van der Waals surface area contributed by atoms with Gasteiger partial charge in [0.15, 0.2) is 0 Å². The fraction of sp³-hybridized carbons (Fsp3) is 0.400. The molecule has 0 fully saturated rings. The Morgan fingerprint density at radius 3 is 1.78 bits per heavy atom. The quantitative estimate of drug-likeness (QED) is 0.740. The molecule has 2 heterocycles. The van der Waals surface area contributed by atoms with Crippen LogP contribution in [0.3, 0.4) is 0 Å². The van der Waals surface area contributed by atoms with Gasteiger partial charge in [0, 0.05) is 63.7 Å². The fourth-order valence-electron chi connectivity index (χ4n) is 0.787. The summed E-state index contributed by atoms with van der Waals surface area (Å²) in [7, 11) is 3.65. The lowest BCUT2D eigenvalue weighted by Crippen LogP contribution is -2.27. The summed E-state index contributed by atoms with van der Waals surface area (Å²) in [6.45, 7) is 0. The van der Waals surface area contributed by atoms with Crippen molar-refractivity contribution >= 4 is 30.1 Å². The van der Waals surface area contributed by atoms with Gasteiger partial charge >= 0.3 is 10.2 Å².